The van der Waals surface area contributed by atoms with Crippen LogP contribution in [0.3, 0.4) is 0 Å². The third kappa shape index (κ3) is 3.77. The summed E-state index contributed by atoms with van der Waals surface area (Å²) < 4.78 is 0. The number of hydrogen-bond acceptors (Lipinski definition) is 2. The maximum atomic E-state index is 12.5. The molecule has 0 saturated heterocycles. The standard InChI is InChI=1S/C24H18N2O/c27-24(23-12-6-10-21-9-4-5-11-22(21)23)26-25-17-18-13-15-20(16-14-18)19-7-2-1-3-8-19/h1-17H,(H,26,27)/b25-17+. The predicted molar refractivity (Wildman–Crippen MR) is 111 cm³/mol. The zero-order chi connectivity index (χ0) is 18.5. The maximum Gasteiger partial charge on any atom is 0.271 e. The van der Waals surface area contributed by atoms with Gasteiger partial charge in [0.05, 0.1) is 6.21 Å². The van der Waals surface area contributed by atoms with Crippen molar-refractivity contribution in [2.75, 3.05) is 0 Å². The molecule has 0 heterocycles. The fourth-order valence-electron chi connectivity index (χ4n) is 3.04. The number of nitrogens with zero attached hydrogens (tertiary/aromatic N) is 1. The second-order valence-corrected chi connectivity index (χ2v) is 6.21. The molecule has 0 aromatic heterocycles. The maximum absolute atomic E-state index is 12.5. The van der Waals surface area contributed by atoms with E-state index >= 15 is 0 Å². The van der Waals surface area contributed by atoms with Crippen molar-refractivity contribution in [1.82, 2.24) is 5.43 Å². The molecule has 0 atom stereocenters. The van der Waals surface area contributed by atoms with Gasteiger partial charge in [0, 0.05) is 5.56 Å². The zero-order valence-corrected chi connectivity index (χ0v) is 14.7. The molecule has 0 radical (unpaired) electrons. The van der Waals surface area contributed by atoms with E-state index < -0.39 is 0 Å². The topological polar surface area (TPSA) is 41.5 Å². The lowest BCUT2D eigenvalue weighted by molar-refractivity contribution is 0.0957. The fraction of sp³-hybridized carbons (Fsp3) is 0. The van der Waals surface area contributed by atoms with E-state index in [9.17, 15) is 4.79 Å². The highest BCUT2D eigenvalue weighted by molar-refractivity contribution is 6.07. The summed E-state index contributed by atoms with van der Waals surface area (Å²) in [6.07, 6.45) is 1.65. The summed E-state index contributed by atoms with van der Waals surface area (Å²) in [6, 6.07) is 31.7. The lowest BCUT2D eigenvalue weighted by Crippen LogP contribution is -2.17. The average molecular weight is 350 g/mol. The lowest BCUT2D eigenvalue weighted by Gasteiger charge is -2.05. The molecule has 3 nitrogen and oxygen atoms in total. The third-order valence-corrected chi connectivity index (χ3v) is 4.43. The third-order valence-electron chi connectivity index (χ3n) is 4.43. The van der Waals surface area contributed by atoms with Gasteiger partial charge in [0.25, 0.3) is 5.91 Å². The summed E-state index contributed by atoms with van der Waals surface area (Å²) in [4.78, 5) is 12.5. The van der Waals surface area contributed by atoms with Crippen molar-refractivity contribution in [2.45, 2.75) is 0 Å². The Hall–Kier alpha value is -3.72. The van der Waals surface area contributed by atoms with Gasteiger partial charge in [0.15, 0.2) is 0 Å². The summed E-state index contributed by atoms with van der Waals surface area (Å²) in [6.45, 7) is 0. The van der Waals surface area contributed by atoms with Crippen molar-refractivity contribution < 1.29 is 4.79 Å². The highest BCUT2D eigenvalue weighted by Crippen LogP contribution is 2.19. The number of rotatable bonds is 4. The number of amides is 1. The lowest BCUT2D eigenvalue weighted by atomic mass is 10.0. The smallest absolute Gasteiger partial charge is 0.267 e. The first-order valence-corrected chi connectivity index (χ1v) is 8.78. The molecular weight excluding hydrogens is 332 g/mol. The number of carbonyl (C=O) groups is 1. The van der Waals surface area contributed by atoms with E-state index in [0.29, 0.717) is 5.56 Å². The number of benzene rings is 4. The van der Waals surface area contributed by atoms with Crippen LogP contribution >= 0.6 is 0 Å². The summed E-state index contributed by atoms with van der Waals surface area (Å²) in [7, 11) is 0. The van der Waals surface area contributed by atoms with Crippen LogP contribution in [0.1, 0.15) is 15.9 Å². The normalized spacial score (nSPS) is 11.0. The molecule has 0 saturated carbocycles. The number of fused-ring (bicyclic) bond motifs is 1. The molecule has 4 aromatic carbocycles. The molecule has 0 fully saturated rings. The van der Waals surface area contributed by atoms with Crippen molar-refractivity contribution in [3.63, 3.8) is 0 Å². The van der Waals surface area contributed by atoms with Gasteiger partial charge in [0.2, 0.25) is 0 Å². The van der Waals surface area contributed by atoms with Crippen LogP contribution in [0, 0.1) is 0 Å². The largest absolute Gasteiger partial charge is 0.271 e. The molecule has 0 aliphatic heterocycles. The molecule has 1 N–H and O–H groups in total. The Bertz CT molecular complexity index is 1090. The van der Waals surface area contributed by atoms with Gasteiger partial charge in [-0.05, 0) is 33.5 Å². The van der Waals surface area contributed by atoms with E-state index in [1.54, 1.807) is 6.21 Å². The van der Waals surface area contributed by atoms with Crippen LogP contribution in [0.2, 0.25) is 0 Å². The van der Waals surface area contributed by atoms with Gasteiger partial charge in [-0.1, -0.05) is 91.0 Å². The van der Waals surface area contributed by atoms with E-state index in [0.717, 1.165) is 21.9 Å². The summed E-state index contributed by atoms with van der Waals surface area (Å²) in [5, 5.41) is 6.05. The van der Waals surface area contributed by atoms with Gasteiger partial charge in [-0.3, -0.25) is 4.79 Å². The van der Waals surface area contributed by atoms with Gasteiger partial charge in [0.1, 0.15) is 0 Å². The first-order valence-electron chi connectivity index (χ1n) is 8.78. The molecule has 3 heteroatoms. The molecule has 0 aliphatic rings. The van der Waals surface area contributed by atoms with E-state index in [4.69, 9.17) is 0 Å². The van der Waals surface area contributed by atoms with Gasteiger partial charge in [-0.15, -0.1) is 0 Å². The van der Waals surface area contributed by atoms with Gasteiger partial charge in [-0.25, -0.2) is 5.43 Å². The van der Waals surface area contributed by atoms with Crippen LogP contribution in [0.15, 0.2) is 102 Å². The molecule has 27 heavy (non-hydrogen) atoms. The van der Waals surface area contributed by atoms with Crippen molar-refractivity contribution in [3.8, 4) is 11.1 Å². The molecule has 1 amide bonds. The molecule has 4 rings (SSSR count). The van der Waals surface area contributed by atoms with Gasteiger partial charge in [-0.2, -0.15) is 5.10 Å². The Morgan fingerprint density at radius 1 is 0.704 bits per heavy atom. The summed E-state index contributed by atoms with van der Waals surface area (Å²) in [5.74, 6) is -0.219. The summed E-state index contributed by atoms with van der Waals surface area (Å²) >= 11 is 0. The van der Waals surface area contributed by atoms with Crippen LogP contribution in [-0.4, -0.2) is 12.1 Å². The Balaban J connectivity index is 1.46. The minimum atomic E-state index is -0.219. The first-order chi connectivity index (χ1) is 13.3. The number of hydrogen-bond donors (Lipinski definition) is 1. The number of hydrazone groups is 1. The predicted octanol–water partition coefficient (Wildman–Crippen LogP) is 5.27. The summed E-state index contributed by atoms with van der Waals surface area (Å²) in [5.41, 5.74) is 6.47. The van der Waals surface area contributed by atoms with Crippen LogP contribution < -0.4 is 5.43 Å². The average Bonchev–Trinajstić information content (AvgIpc) is 2.74. The van der Waals surface area contributed by atoms with Gasteiger partial charge >= 0.3 is 0 Å². The highest BCUT2D eigenvalue weighted by atomic mass is 16.2. The van der Waals surface area contributed by atoms with Crippen LogP contribution in [0.25, 0.3) is 21.9 Å². The van der Waals surface area contributed by atoms with Crippen molar-refractivity contribution >= 4 is 22.9 Å². The monoisotopic (exact) mass is 350 g/mol. The molecule has 0 aliphatic carbocycles. The van der Waals surface area contributed by atoms with E-state index in [-0.39, 0.29) is 5.91 Å². The van der Waals surface area contributed by atoms with Gasteiger partial charge < -0.3 is 0 Å². The minimum absolute atomic E-state index is 0.219. The molecule has 0 unspecified atom stereocenters. The Labute approximate surface area is 158 Å². The second-order valence-electron chi connectivity index (χ2n) is 6.21. The minimum Gasteiger partial charge on any atom is -0.267 e. The number of nitrogens with one attached hydrogen (secondary N) is 1. The van der Waals surface area contributed by atoms with Crippen molar-refractivity contribution in [1.29, 1.82) is 0 Å². The van der Waals surface area contributed by atoms with E-state index in [1.165, 1.54) is 5.56 Å². The molecule has 0 spiro atoms. The Morgan fingerprint density at radius 2 is 1.37 bits per heavy atom. The van der Waals surface area contributed by atoms with Crippen LogP contribution in [0.5, 0.6) is 0 Å². The Morgan fingerprint density at radius 3 is 2.19 bits per heavy atom. The van der Waals surface area contributed by atoms with Crippen LogP contribution in [-0.2, 0) is 0 Å². The zero-order valence-electron chi connectivity index (χ0n) is 14.7. The molecule has 4 aromatic rings. The quantitative estimate of drug-likeness (QED) is 0.395. The number of carbonyl (C=O) groups excluding carboxylic acids is 1. The molecule has 0 bridgehead atoms. The van der Waals surface area contributed by atoms with E-state index in [1.807, 2.05) is 84.9 Å². The van der Waals surface area contributed by atoms with Crippen LogP contribution in [0.4, 0.5) is 0 Å². The SMILES string of the molecule is O=C(N/N=C/c1ccc(-c2ccccc2)cc1)c1cccc2ccccc12. The highest BCUT2D eigenvalue weighted by Gasteiger charge is 2.08. The van der Waals surface area contributed by atoms with Crippen molar-refractivity contribution in [2.24, 2.45) is 5.10 Å². The molecular formula is C24H18N2O. The first kappa shape index (κ1) is 16.7. The molecule has 130 valence electrons. The Kier molecular flexibility index (Phi) is 4.75. The second kappa shape index (κ2) is 7.67. The fourth-order valence-corrected chi connectivity index (χ4v) is 3.04. The van der Waals surface area contributed by atoms with Crippen molar-refractivity contribution in [3.05, 3.63) is 108 Å². The van der Waals surface area contributed by atoms with E-state index in [2.05, 4.69) is 22.7 Å².